The third-order valence-electron chi connectivity index (χ3n) is 5.01. The minimum atomic E-state index is 0.103. The van der Waals surface area contributed by atoms with Crippen molar-refractivity contribution in [2.75, 3.05) is 32.3 Å². The zero-order chi connectivity index (χ0) is 18.8. The summed E-state index contributed by atoms with van der Waals surface area (Å²) in [6.07, 6.45) is 4.11. The van der Waals surface area contributed by atoms with E-state index in [1.165, 1.54) is 11.3 Å². The van der Waals surface area contributed by atoms with Crippen molar-refractivity contribution in [1.82, 2.24) is 4.98 Å². The van der Waals surface area contributed by atoms with Crippen LogP contribution in [0.15, 0.2) is 23.6 Å². The van der Waals surface area contributed by atoms with Crippen LogP contribution >= 0.6 is 11.3 Å². The van der Waals surface area contributed by atoms with E-state index in [2.05, 4.69) is 0 Å². The first-order valence-electron chi connectivity index (χ1n) is 9.30. The van der Waals surface area contributed by atoms with Crippen molar-refractivity contribution >= 4 is 22.4 Å². The Bertz CT molecular complexity index is 812. The van der Waals surface area contributed by atoms with E-state index in [1.807, 2.05) is 28.5 Å². The fraction of sp³-hybridized carbons (Fsp3) is 0.500. The first-order chi connectivity index (χ1) is 13.2. The molecule has 1 unspecified atom stereocenters. The van der Waals surface area contributed by atoms with Crippen LogP contribution in [0, 0.1) is 5.92 Å². The van der Waals surface area contributed by atoms with Gasteiger partial charge in [-0.25, -0.2) is 4.98 Å². The normalized spacial score (nSPS) is 19.1. The summed E-state index contributed by atoms with van der Waals surface area (Å²) >= 11 is 1.48. The number of rotatable bonds is 7. The number of hydrogen-bond donors (Lipinski definition) is 0. The van der Waals surface area contributed by atoms with Gasteiger partial charge in [0.2, 0.25) is 5.91 Å². The lowest BCUT2D eigenvalue weighted by Gasteiger charge is -2.23. The van der Waals surface area contributed by atoms with Crippen molar-refractivity contribution in [3.05, 3.63) is 23.6 Å². The molecule has 6 nitrogen and oxygen atoms in total. The second-order valence-corrected chi connectivity index (χ2v) is 7.78. The summed E-state index contributed by atoms with van der Waals surface area (Å²) in [5.41, 5.74) is 1.64. The maximum atomic E-state index is 12.9. The molecule has 0 N–H and O–H groups in total. The highest BCUT2D eigenvalue weighted by atomic mass is 32.1. The van der Waals surface area contributed by atoms with Crippen molar-refractivity contribution < 1.29 is 19.0 Å². The molecule has 144 valence electrons. The number of nitrogens with zero attached hydrogens (tertiary/aromatic N) is 2. The Morgan fingerprint density at radius 2 is 2.15 bits per heavy atom. The smallest absolute Gasteiger partial charge is 0.231 e. The van der Waals surface area contributed by atoms with Gasteiger partial charge in [-0.1, -0.05) is 0 Å². The molecule has 4 rings (SSSR count). The molecular weight excluding hydrogens is 364 g/mol. The van der Waals surface area contributed by atoms with Crippen molar-refractivity contribution in [1.29, 1.82) is 0 Å². The van der Waals surface area contributed by atoms with Gasteiger partial charge < -0.3 is 14.2 Å². The first kappa shape index (κ1) is 18.3. The van der Waals surface area contributed by atoms with Crippen LogP contribution in [0.3, 0.4) is 0 Å². The van der Waals surface area contributed by atoms with Crippen LogP contribution in [-0.2, 0) is 9.53 Å². The van der Waals surface area contributed by atoms with Crippen molar-refractivity contribution in [3.63, 3.8) is 0 Å². The van der Waals surface area contributed by atoms with E-state index in [0.29, 0.717) is 6.54 Å². The summed E-state index contributed by atoms with van der Waals surface area (Å²) < 4.78 is 16.6. The van der Waals surface area contributed by atoms with Crippen molar-refractivity contribution in [3.8, 4) is 22.8 Å². The monoisotopic (exact) mass is 388 g/mol. The Hall–Kier alpha value is -2.12. The summed E-state index contributed by atoms with van der Waals surface area (Å²) in [6.45, 7) is 1.36. The average molecular weight is 388 g/mol. The molecule has 1 saturated heterocycles. The molecule has 7 heteroatoms. The van der Waals surface area contributed by atoms with Gasteiger partial charge in [-0.3, -0.25) is 9.69 Å². The van der Waals surface area contributed by atoms with Gasteiger partial charge in [0.25, 0.3) is 0 Å². The van der Waals surface area contributed by atoms with Gasteiger partial charge in [0.05, 0.1) is 32.6 Å². The third-order valence-corrected chi connectivity index (χ3v) is 5.87. The molecule has 1 aliphatic carbocycles. The minimum Gasteiger partial charge on any atom is -0.497 e. The molecule has 1 aromatic heterocycles. The molecule has 1 aliphatic heterocycles. The lowest BCUT2D eigenvalue weighted by atomic mass is 10.1. The van der Waals surface area contributed by atoms with E-state index >= 15 is 0 Å². The lowest BCUT2D eigenvalue weighted by molar-refractivity contribution is -0.120. The fourth-order valence-corrected chi connectivity index (χ4v) is 4.17. The molecule has 1 aromatic carbocycles. The molecule has 0 bridgehead atoms. The molecular formula is C20H24N2O4S. The van der Waals surface area contributed by atoms with E-state index in [4.69, 9.17) is 19.2 Å². The first-order valence-corrected chi connectivity index (χ1v) is 10.2. The maximum Gasteiger partial charge on any atom is 0.231 e. The van der Waals surface area contributed by atoms with Crippen LogP contribution < -0.4 is 14.4 Å². The van der Waals surface area contributed by atoms with E-state index < -0.39 is 0 Å². The van der Waals surface area contributed by atoms with Crippen molar-refractivity contribution in [2.45, 2.75) is 31.8 Å². The Morgan fingerprint density at radius 3 is 2.81 bits per heavy atom. The summed E-state index contributed by atoms with van der Waals surface area (Å²) in [7, 11) is 3.27. The highest BCUT2D eigenvalue weighted by Gasteiger charge is 2.36. The highest BCUT2D eigenvalue weighted by molar-refractivity contribution is 7.14. The molecule has 27 heavy (non-hydrogen) atoms. The van der Waals surface area contributed by atoms with Crippen LogP contribution in [0.1, 0.15) is 25.7 Å². The Labute approximate surface area is 163 Å². The number of carbonyl (C=O) groups is 1. The summed E-state index contributed by atoms with van der Waals surface area (Å²) in [5.74, 6) is 1.78. The molecule has 1 atom stereocenters. The molecule has 0 radical (unpaired) electrons. The molecule has 1 saturated carbocycles. The summed E-state index contributed by atoms with van der Waals surface area (Å²) in [5, 5.41) is 2.69. The molecule has 1 amide bonds. The molecule has 2 aromatic rings. The zero-order valence-electron chi connectivity index (χ0n) is 15.6. The zero-order valence-corrected chi connectivity index (χ0v) is 16.5. The fourth-order valence-electron chi connectivity index (χ4n) is 3.33. The predicted octanol–water partition coefficient (Wildman–Crippen LogP) is 3.75. The maximum absolute atomic E-state index is 12.9. The van der Waals surface area contributed by atoms with Gasteiger partial charge >= 0.3 is 0 Å². The standard InChI is InChI=1S/C20H24N2O4S/c1-24-14-7-8-18(25-2)16(10-14)17-12-27-20(21-17)22(19(23)13-5-6-13)11-15-4-3-9-26-15/h7-8,10,12-13,15H,3-6,9,11H2,1-2H3. The van der Waals surface area contributed by atoms with Gasteiger partial charge in [0, 0.05) is 23.5 Å². The molecule has 2 aliphatic rings. The minimum absolute atomic E-state index is 0.103. The SMILES string of the molecule is COc1ccc(OC)c(-c2csc(N(CC3CCCO3)C(=O)C3CC3)n2)c1. The molecule has 2 fully saturated rings. The van der Waals surface area contributed by atoms with Crippen LogP contribution in [0.4, 0.5) is 5.13 Å². The molecule has 2 heterocycles. The number of benzene rings is 1. The van der Waals surface area contributed by atoms with E-state index in [-0.39, 0.29) is 17.9 Å². The van der Waals surface area contributed by atoms with Crippen LogP contribution in [0.5, 0.6) is 11.5 Å². The van der Waals surface area contributed by atoms with E-state index in [9.17, 15) is 4.79 Å². The topological polar surface area (TPSA) is 60.9 Å². The van der Waals surface area contributed by atoms with Gasteiger partial charge in [-0.2, -0.15) is 0 Å². The van der Waals surface area contributed by atoms with E-state index in [0.717, 1.165) is 60.2 Å². The number of thiazole rings is 1. The Kier molecular flexibility index (Phi) is 5.31. The van der Waals surface area contributed by atoms with Crippen LogP contribution in [0.25, 0.3) is 11.3 Å². The summed E-state index contributed by atoms with van der Waals surface area (Å²) in [4.78, 5) is 19.5. The highest BCUT2D eigenvalue weighted by Crippen LogP contribution is 2.38. The number of aromatic nitrogens is 1. The number of hydrogen-bond acceptors (Lipinski definition) is 6. The second kappa shape index (κ2) is 7.86. The second-order valence-electron chi connectivity index (χ2n) is 6.94. The Balaban J connectivity index is 1.63. The van der Waals surface area contributed by atoms with Crippen molar-refractivity contribution in [2.24, 2.45) is 5.92 Å². The predicted molar refractivity (Wildman–Crippen MR) is 105 cm³/mol. The lowest BCUT2D eigenvalue weighted by Crippen LogP contribution is -2.38. The third kappa shape index (κ3) is 3.94. The average Bonchev–Trinajstić information content (AvgIpc) is 3.21. The van der Waals surface area contributed by atoms with Gasteiger partial charge in [-0.15, -0.1) is 11.3 Å². The number of amides is 1. The largest absolute Gasteiger partial charge is 0.497 e. The van der Waals surface area contributed by atoms with Gasteiger partial charge in [0.15, 0.2) is 5.13 Å². The number of carbonyl (C=O) groups excluding carboxylic acids is 1. The number of ether oxygens (including phenoxy) is 3. The summed E-state index contributed by atoms with van der Waals surface area (Å²) in [6, 6.07) is 5.63. The van der Waals surface area contributed by atoms with Gasteiger partial charge in [-0.05, 0) is 43.9 Å². The quantitative estimate of drug-likeness (QED) is 0.723. The van der Waals surface area contributed by atoms with Gasteiger partial charge in [0.1, 0.15) is 11.5 Å². The molecule has 0 spiro atoms. The van der Waals surface area contributed by atoms with Crippen LogP contribution in [0.2, 0.25) is 0 Å². The number of methoxy groups -OCH3 is 2. The van der Waals surface area contributed by atoms with E-state index in [1.54, 1.807) is 14.2 Å². The number of anilines is 1. The Morgan fingerprint density at radius 1 is 1.30 bits per heavy atom. The van der Waals surface area contributed by atoms with Crippen LogP contribution in [-0.4, -0.2) is 44.4 Å².